The Hall–Kier alpha value is -3.42. The van der Waals surface area contributed by atoms with Crippen molar-refractivity contribution in [1.82, 2.24) is 0 Å². The van der Waals surface area contributed by atoms with Gasteiger partial charge in [0.1, 0.15) is 6.54 Å². The standard InChI is InChI=1S/C41H55BN2O4/c1-10-13-24-43(25-14-11-2)31-20-16-29(17-21-31)18-22-32-37(45)33(38(32)46)28-36-39(4,5)34-27-30(19-23-35(34)44(36)26-15-12-3)42-47-40(6,7)41(8,9)48-42/h16-23,27-28H,10-15,24-26H2,1-9H3. The van der Waals surface area contributed by atoms with Gasteiger partial charge in [0.2, 0.25) is 5.69 Å². The highest BCUT2D eigenvalue weighted by atomic mass is 16.7. The van der Waals surface area contributed by atoms with E-state index in [1.165, 1.54) is 31.4 Å². The molecule has 0 N–H and O–H groups in total. The smallest absolute Gasteiger partial charge is 0.494 e. The predicted octanol–water partition coefficient (Wildman–Crippen LogP) is 7.41. The van der Waals surface area contributed by atoms with Crippen molar-refractivity contribution in [3.63, 3.8) is 0 Å². The normalized spacial score (nSPS) is 20.3. The molecule has 48 heavy (non-hydrogen) atoms. The zero-order valence-corrected chi connectivity index (χ0v) is 30.7. The number of unbranched alkanes of at least 4 members (excludes halogenated alkanes) is 3. The molecule has 1 fully saturated rings. The molecule has 0 spiro atoms. The topological polar surface area (TPSA) is 64.8 Å². The van der Waals surface area contributed by atoms with Crippen LogP contribution >= 0.6 is 0 Å². The van der Waals surface area contributed by atoms with Crippen LogP contribution in [0.5, 0.6) is 0 Å². The van der Waals surface area contributed by atoms with Crippen molar-refractivity contribution in [2.24, 2.45) is 0 Å². The van der Waals surface area contributed by atoms with Crippen LogP contribution in [0.15, 0.2) is 71.5 Å². The summed E-state index contributed by atoms with van der Waals surface area (Å²) in [7, 11) is -0.460. The zero-order valence-electron chi connectivity index (χ0n) is 30.7. The second kappa shape index (κ2) is 14.2. The highest BCUT2D eigenvalue weighted by Gasteiger charge is 2.53. The Bertz CT molecular complexity index is 1620. The minimum atomic E-state index is -0.460. The summed E-state index contributed by atoms with van der Waals surface area (Å²) in [5.41, 5.74) is 5.62. The second-order valence-electron chi connectivity index (χ2n) is 15.1. The Morgan fingerprint density at radius 1 is 0.833 bits per heavy atom. The molecule has 2 heterocycles. The maximum atomic E-state index is 13.4. The lowest BCUT2D eigenvalue weighted by Gasteiger charge is -2.32. The van der Waals surface area contributed by atoms with Crippen LogP contribution in [0.3, 0.4) is 0 Å². The number of carbonyl (C=O) groups excluding carboxylic acids is 1. The molecule has 7 heteroatoms. The number of carbonyl (C=O) groups is 1. The Morgan fingerprint density at radius 3 is 2.00 bits per heavy atom. The minimum Gasteiger partial charge on any atom is -0.871 e. The molecule has 2 aliphatic heterocycles. The highest BCUT2D eigenvalue weighted by Crippen LogP contribution is 2.42. The van der Waals surface area contributed by atoms with Gasteiger partial charge in [0.25, 0.3) is 0 Å². The van der Waals surface area contributed by atoms with Crippen molar-refractivity contribution < 1.29 is 23.8 Å². The van der Waals surface area contributed by atoms with E-state index in [2.05, 4.69) is 114 Å². The molecule has 3 aliphatic rings. The summed E-state index contributed by atoms with van der Waals surface area (Å²) in [5, 5.41) is 13.4. The van der Waals surface area contributed by atoms with Gasteiger partial charge in [-0.25, -0.2) is 0 Å². The van der Waals surface area contributed by atoms with E-state index in [9.17, 15) is 9.90 Å². The molecular weight excluding hydrogens is 595 g/mol. The molecule has 2 aromatic rings. The van der Waals surface area contributed by atoms with E-state index >= 15 is 0 Å². The van der Waals surface area contributed by atoms with Crippen molar-refractivity contribution in [2.75, 3.05) is 24.5 Å². The molecule has 1 aliphatic carbocycles. The number of rotatable bonds is 14. The van der Waals surface area contributed by atoms with E-state index in [0.29, 0.717) is 0 Å². The van der Waals surface area contributed by atoms with Crippen LogP contribution in [0.25, 0.3) is 6.08 Å². The van der Waals surface area contributed by atoms with Crippen molar-refractivity contribution in [3.8, 4) is 0 Å². The summed E-state index contributed by atoms with van der Waals surface area (Å²) in [6.45, 7) is 22.1. The van der Waals surface area contributed by atoms with Gasteiger partial charge >= 0.3 is 7.12 Å². The molecule has 0 unspecified atom stereocenters. The SMILES string of the molecule is CCCCN(CCCC)c1ccc(/C=C/C2=C([O-])C(=C\C3=[N+](CCCC)c4ccc(B5OC(C)(C)C(C)(C)O5)cc4C3(C)C)/C2=O)cc1. The van der Waals surface area contributed by atoms with E-state index in [4.69, 9.17) is 9.31 Å². The van der Waals surface area contributed by atoms with Crippen molar-refractivity contribution in [3.05, 3.63) is 82.6 Å². The van der Waals surface area contributed by atoms with Crippen LogP contribution in [0.4, 0.5) is 11.4 Å². The van der Waals surface area contributed by atoms with Gasteiger partial charge in [-0.3, -0.25) is 4.79 Å². The summed E-state index contributed by atoms with van der Waals surface area (Å²) in [6, 6.07) is 14.8. The number of benzene rings is 2. The lowest BCUT2D eigenvalue weighted by Crippen LogP contribution is -2.41. The average Bonchev–Trinajstić information content (AvgIpc) is 3.41. The summed E-state index contributed by atoms with van der Waals surface area (Å²) < 4.78 is 15.0. The van der Waals surface area contributed by atoms with Crippen LogP contribution in [0, 0.1) is 0 Å². The van der Waals surface area contributed by atoms with Gasteiger partial charge < -0.3 is 19.3 Å². The van der Waals surface area contributed by atoms with Gasteiger partial charge in [0, 0.05) is 54.0 Å². The Morgan fingerprint density at radius 2 is 1.44 bits per heavy atom. The fourth-order valence-electron chi connectivity index (χ4n) is 6.73. The quantitative estimate of drug-likeness (QED) is 0.121. The number of hydrogen-bond acceptors (Lipinski definition) is 5. The molecule has 2 aromatic carbocycles. The van der Waals surface area contributed by atoms with Gasteiger partial charge in [0.15, 0.2) is 11.5 Å². The maximum Gasteiger partial charge on any atom is 0.494 e. The molecule has 0 aromatic heterocycles. The molecule has 0 saturated carbocycles. The molecule has 0 atom stereocenters. The van der Waals surface area contributed by atoms with Gasteiger partial charge in [-0.2, -0.15) is 4.58 Å². The maximum absolute atomic E-state index is 13.4. The molecule has 5 rings (SSSR count). The van der Waals surface area contributed by atoms with Crippen LogP contribution in [0.1, 0.15) is 112 Å². The summed E-state index contributed by atoms with van der Waals surface area (Å²) in [5.74, 6) is -0.378. The third kappa shape index (κ3) is 6.86. The Labute approximate surface area is 289 Å². The molecule has 6 nitrogen and oxygen atoms in total. The monoisotopic (exact) mass is 650 g/mol. The van der Waals surface area contributed by atoms with Crippen molar-refractivity contribution >= 4 is 41.5 Å². The number of Topliss-reactive ketones (excluding diaryl/α,β-unsaturated/α-hetero) is 1. The van der Waals surface area contributed by atoms with E-state index in [1.807, 2.05) is 12.2 Å². The van der Waals surface area contributed by atoms with Gasteiger partial charge in [-0.15, -0.1) is 0 Å². The second-order valence-corrected chi connectivity index (χ2v) is 15.1. The average molecular weight is 651 g/mol. The lowest BCUT2D eigenvalue weighted by atomic mass is 9.73. The van der Waals surface area contributed by atoms with E-state index in [-0.39, 0.29) is 22.7 Å². The summed E-state index contributed by atoms with van der Waals surface area (Å²) in [6.07, 6.45) is 12.1. The van der Waals surface area contributed by atoms with E-state index in [0.717, 1.165) is 60.5 Å². The minimum absolute atomic E-state index is 0.189. The summed E-state index contributed by atoms with van der Waals surface area (Å²) >= 11 is 0. The molecule has 0 radical (unpaired) electrons. The third-order valence-electron chi connectivity index (χ3n) is 10.7. The fraction of sp³-hybridized carbons (Fsp3) is 0.512. The number of nitrogens with zero attached hydrogens (tertiary/aromatic N) is 2. The zero-order chi connectivity index (χ0) is 34.9. The van der Waals surface area contributed by atoms with Crippen LogP contribution in [-0.4, -0.2) is 54.0 Å². The number of anilines is 1. The largest absolute Gasteiger partial charge is 0.871 e. The van der Waals surface area contributed by atoms with Gasteiger partial charge in [-0.1, -0.05) is 82.2 Å². The van der Waals surface area contributed by atoms with Gasteiger partial charge in [-0.05, 0) is 77.5 Å². The summed E-state index contributed by atoms with van der Waals surface area (Å²) in [4.78, 5) is 15.9. The molecule has 1 saturated heterocycles. The third-order valence-corrected chi connectivity index (χ3v) is 10.7. The van der Waals surface area contributed by atoms with Crippen molar-refractivity contribution in [1.29, 1.82) is 0 Å². The first-order chi connectivity index (χ1) is 22.8. The Kier molecular flexibility index (Phi) is 10.6. The highest BCUT2D eigenvalue weighted by molar-refractivity contribution is 6.62. The molecule has 0 bridgehead atoms. The number of hydrogen-bond donors (Lipinski definition) is 0. The molecular formula is C41H55BN2O4. The van der Waals surface area contributed by atoms with Crippen LogP contribution in [-0.2, 0) is 19.5 Å². The fourth-order valence-corrected chi connectivity index (χ4v) is 6.73. The molecule has 0 amide bonds. The number of fused-ring (bicyclic) bond motifs is 1. The Balaban J connectivity index is 1.39. The number of allylic oxidation sites excluding steroid dienone is 4. The first kappa shape index (κ1) is 35.9. The number of ketones is 1. The van der Waals surface area contributed by atoms with E-state index < -0.39 is 23.7 Å². The van der Waals surface area contributed by atoms with Crippen molar-refractivity contribution in [2.45, 2.75) is 117 Å². The van der Waals surface area contributed by atoms with Gasteiger partial charge in [0.05, 0.1) is 16.6 Å². The van der Waals surface area contributed by atoms with E-state index in [1.54, 1.807) is 6.08 Å². The molecule has 256 valence electrons. The first-order valence-corrected chi connectivity index (χ1v) is 18.1. The van der Waals surface area contributed by atoms with Crippen LogP contribution < -0.4 is 15.5 Å². The van der Waals surface area contributed by atoms with Crippen LogP contribution in [0.2, 0.25) is 0 Å². The predicted molar refractivity (Wildman–Crippen MR) is 198 cm³/mol. The first-order valence-electron chi connectivity index (χ1n) is 18.1. The lowest BCUT2D eigenvalue weighted by molar-refractivity contribution is -0.438.